The number of nitrogens with zero attached hydrogens (tertiary/aromatic N) is 2. The molecule has 0 spiro atoms. The van der Waals surface area contributed by atoms with E-state index in [0.717, 1.165) is 61.7 Å². The normalized spacial score (nSPS) is 13.8. The Balaban J connectivity index is 1.21. The highest BCUT2D eigenvalue weighted by Crippen LogP contribution is 2.32. The standard InChI is InChI=1S/C28H33FN4O3/c1-35-26-13-12-23(20-24(26)21-8-10-22(29)11-9-21)31-28(34)30-14-5-15-32-16-18-33(19-17-32)25-6-3-4-7-27(25)36-2/h3-4,6-13,20H,5,14-19H2,1-2H3,(H2,30,31,34). The highest BCUT2D eigenvalue weighted by atomic mass is 19.1. The number of piperazine rings is 1. The Hall–Kier alpha value is -3.78. The molecule has 190 valence electrons. The van der Waals surface area contributed by atoms with Gasteiger partial charge in [0, 0.05) is 44.0 Å². The summed E-state index contributed by atoms with van der Waals surface area (Å²) in [5.74, 6) is 1.26. The zero-order valence-electron chi connectivity index (χ0n) is 20.8. The van der Waals surface area contributed by atoms with E-state index in [1.54, 1.807) is 38.5 Å². The van der Waals surface area contributed by atoms with Gasteiger partial charge in [-0.05, 0) is 61.0 Å². The number of halogens is 1. The molecular formula is C28H33FN4O3. The minimum absolute atomic E-state index is 0.258. The number of methoxy groups -OCH3 is 2. The molecule has 1 heterocycles. The maximum Gasteiger partial charge on any atom is 0.319 e. The van der Waals surface area contributed by atoms with Gasteiger partial charge in [-0.15, -0.1) is 0 Å². The zero-order chi connectivity index (χ0) is 25.3. The van der Waals surface area contributed by atoms with Gasteiger partial charge in [-0.1, -0.05) is 24.3 Å². The number of para-hydroxylation sites is 2. The van der Waals surface area contributed by atoms with Crippen molar-refractivity contribution in [3.05, 3.63) is 72.5 Å². The highest BCUT2D eigenvalue weighted by molar-refractivity contribution is 5.90. The van der Waals surface area contributed by atoms with Crippen LogP contribution in [0.25, 0.3) is 11.1 Å². The van der Waals surface area contributed by atoms with Crippen LogP contribution < -0.4 is 25.0 Å². The van der Waals surface area contributed by atoms with Crippen molar-refractivity contribution in [3.63, 3.8) is 0 Å². The van der Waals surface area contributed by atoms with E-state index in [4.69, 9.17) is 9.47 Å². The van der Waals surface area contributed by atoms with Crippen LogP contribution in [0.3, 0.4) is 0 Å². The van der Waals surface area contributed by atoms with Crippen LogP contribution in [0.4, 0.5) is 20.6 Å². The maximum absolute atomic E-state index is 13.3. The van der Waals surface area contributed by atoms with Crippen molar-refractivity contribution in [1.82, 2.24) is 10.2 Å². The summed E-state index contributed by atoms with van der Waals surface area (Å²) in [7, 11) is 3.29. The van der Waals surface area contributed by atoms with Crippen LogP contribution in [-0.2, 0) is 0 Å². The summed E-state index contributed by atoms with van der Waals surface area (Å²) in [6, 6.07) is 19.4. The molecule has 2 N–H and O–H groups in total. The lowest BCUT2D eigenvalue weighted by Crippen LogP contribution is -2.47. The first-order valence-corrected chi connectivity index (χ1v) is 12.2. The van der Waals surface area contributed by atoms with E-state index in [0.29, 0.717) is 18.0 Å². The molecule has 1 aliphatic heterocycles. The first-order chi connectivity index (χ1) is 17.6. The number of amides is 2. The number of urea groups is 1. The minimum atomic E-state index is -0.301. The third kappa shape index (κ3) is 6.46. The van der Waals surface area contributed by atoms with E-state index in [9.17, 15) is 9.18 Å². The molecule has 8 heteroatoms. The van der Waals surface area contributed by atoms with Gasteiger partial charge in [0.2, 0.25) is 0 Å². The first kappa shape index (κ1) is 25.3. The topological polar surface area (TPSA) is 66.1 Å². The molecule has 7 nitrogen and oxygen atoms in total. The summed E-state index contributed by atoms with van der Waals surface area (Å²) >= 11 is 0. The molecule has 4 rings (SSSR count). The second kappa shape index (κ2) is 12.3. The van der Waals surface area contributed by atoms with E-state index < -0.39 is 0 Å². The Morgan fingerprint density at radius 1 is 0.917 bits per heavy atom. The zero-order valence-corrected chi connectivity index (χ0v) is 20.8. The smallest absolute Gasteiger partial charge is 0.319 e. The number of hydrogen-bond donors (Lipinski definition) is 2. The van der Waals surface area contributed by atoms with Crippen LogP contribution in [0.15, 0.2) is 66.7 Å². The number of ether oxygens (including phenoxy) is 2. The number of benzene rings is 3. The van der Waals surface area contributed by atoms with Crippen LogP contribution in [0.5, 0.6) is 11.5 Å². The second-order valence-electron chi connectivity index (χ2n) is 8.66. The quantitative estimate of drug-likeness (QED) is 0.419. The molecule has 0 bridgehead atoms. The number of rotatable bonds is 9. The molecular weight excluding hydrogens is 459 g/mol. The lowest BCUT2D eigenvalue weighted by molar-refractivity contribution is 0.244. The summed E-state index contributed by atoms with van der Waals surface area (Å²) in [6.07, 6.45) is 0.867. The average molecular weight is 493 g/mol. The first-order valence-electron chi connectivity index (χ1n) is 12.2. The van der Waals surface area contributed by atoms with Crippen LogP contribution >= 0.6 is 0 Å². The van der Waals surface area contributed by atoms with Gasteiger partial charge in [-0.2, -0.15) is 0 Å². The van der Waals surface area contributed by atoms with E-state index in [1.807, 2.05) is 24.3 Å². The van der Waals surface area contributed by atoms with Crippen molar-refractivity contribution in [1.29, 1.82) is 0 Å². The largest absolute Gasteiger partial charge is 0.496 e. The summed E-state index contributed by atoms with van der Waals surface area (Å²) in [6.45, 7) is 5.35. The van der Waals surface area contributed by atoms with Crippen LogP contribution in [0, 0.1) is 5.82 Å². The Morgan fingerprint density at radius 2 is 1.64 bits per heavy atom. The Bertz CT molecular complexity index is 1150. The Kier molecular flexibility index (Phi) is 8.62. The highest BCUT2D eigenvalue weighted by Gasteiger charge is 2.19. The number of anilines is 2. The Labute approximate surface area is 211 Å². The third-order valence-corrected chi connectivity index (χ3v) is 6.35. The summed E-state index contributed by atoms with van der Waals surface area (Å²) < 4.78 is 24.2. The SMILES string of the molecule is COc1ccc(NC(=O)NCCCN2CCN(c3ccccc3OC)CC2)cc1-c1ccc(F)cc1. The predicted octanol–water partition coefficient (Wildman–Crippen LogP) is 4.84. The summed E-state index contributed by atoms with van der Waals surface area (Å²) in [4.78, 5) is 17.2. The van der Waals surface area contributed by atoms with Gasteiger partial charge in [-0.25, -0.2) is 9.18 Å². The van der Waals surface area contributed by atoms with Crippen molar-refractivity contribution in [2.75, 3.05) is 63.7 Å². The van der Waals surface area contributed by atoms with Crippen LogP contribution in [0.2, 0.25) is 0 Å². The van der Waals surface area contributed by atoms with E-state index in [1.165, 1.54) is 12.1 Å². The molecule has 1 aliphatic rings. The van der Waals surface area contributed by atoms with E-state index in [2.05, 4.69) is 26.5 Å². The molecule has 1 saturated heterocycles. The van der Waals surface area contributed by atoms with E-state index in [-0.39, 0.29) is 11.8 Å². The van der Waals surface area contributed by atoms with Gasteiger partial charge in [0.25, 0.3) is 0 Å². The third-order valence-electron chi connectivity index (χ3n) is 6.35. The van der Waals surface area contributed by atoms with Crippen LogP contribution in [-0.4, -0.2) is 64.4 Å². The molecule has 0 saturated carbocycles. The van der Waals surface area contributed by atoms with Crippen LogP contribution in [0.1, 0.15) is 6.42 Å². The molecule has 0 atom stereocenters. The van der Waals surface area contributed by atoms with Gasteiger partial charge >= 0.3 is 6.03 Å². The van der Waals surface area contributed by atoms with E-state index >= 15 is 0 Å². The summed E-state index contributed by atoms with van der Waals surface area (Å²) in [5, 5.41) is 5.81. The monoisotopic (exact) mass is 492 g/mol. The predicted molar refractivity (Wildman–Crippen MR) is 142 cm³/mol. The van der Waals surface area contributed by atoms with Crippen molar-refractivity contribution < 1.29 is 18.7 Å². The molecule has 0 aromatic heterocycles. The van der Waals surface area contributed by atoms with Crippen molar-refractivity contribution >= 4 is 17.4 Å². The van der Waals surface area contributed by atoms with Crippen molar-refractivity contribution in [2.45, 2.75) is 6.42 Å². The molecule has 0 unspecified atom stereocenters. The molecule has 3 aromatic rings. The van der Waals surface area contributed by atoms with Gasteiger partial charge in [0.1, 0.15) is 17.3 Å². The fraction of sp³-hybridized carbons (Fsp3) is 0.321. The second-order valence-corrected chi connectivity index (χ2v) is 8.66. The maximum atomic E-state index is 13.3. The number of hydrogen-bond acceptors (Lipinski definition) is 5. The molecule has 1 fully saturated rings. The molecule has 36 heavy (non-hydrogen) atoms. The fourth-order valence-corrected chi connectivity index (χ4v) is 4.42. The average Bonchev–Trinajstić information content (AvgIpc) is 2.92. The number of carbonyl (C=O) groups excluding carboxylic acids is 1. The number of nitrogens with one attached hydrogen (secondary N) is 2. The Morgan fingerprint density at radius 3 is 2.36 bits per heavy atom. The van der Waals surface area contributed by atoms with Gasteiger partial charge in [0.15, 0.2) is 0 Å². The van der Waals surface area contributed by atoms with Crippen molar-refractivity contribution in [3.8, 4) is 22.6 Å². The summed E-state index contributed by atoms with van der Waals surface area (Å²) in [5.41, 5.74) is 3.37. The molecule has 2 amide bonds. The van der Waals surface area contributed by atoms with Gasteiger partial charge in [-0.3, -0.25) is 4.90 Å². The molecule has 0 radical (unpaired) electrons. The molecule has 3 aromatic carbocycles. The number of carbonyl (C=O) groups is 1. The van der Waals surface area contributed by atoms with Gasteiger partial charge < -0.3 is 25.0 Å². The van der Waals surface area contributed by atoms with Gasteiger partial charge in [0.05, 0.1) is 19.9 Å². The lowest BCUT2D eigenvalue weighted by Gasteiger charge is -2.36. The van der Waals surface area contributed by atoms with Crippen molar-refractivity contribution in [2.24, 2.45) is 0 Å². The molecule has 0 aliphatic carbocycles. The lowest BCUT2D eigenvalue weighted by atomic mass is 10.0. The minimum Gasteiger partial charge on any atom is -0.496 e. The fourth-order valence-electron chi connectivity index (χ4n) is 4.42.